The van der Waals surface area contributed by atoms with E-state index in [0.29, 0.717) is 5.82 Å². The number of sulfonamides is 1. The summed E-state index contributed by atoms with van der Waals surface area (Å²) in [5.41, 5.74) is -1.11. The molecule has 0 atom stereocenters. The van der Waals surface area contributed by atoms with E-state index in [-0.39, 0.29) is 10.7 Å². The van der Waals surface area contributed by atoms with Gasteiger partial charge in [-0.25, -0.2) is 4.98 Å². The first-order valence-corrected chi connectivity index (χ1v) is 6.88. The van der Waals surface area contributed by atoms with Crippen molar-refractivity contribution in [2.24, 2.45) is 0 Å². The first-order valence-electron chi connectivity index (χ1n) is 5.40. The monoisotopic (exact) mass is 305 g/mol. The molecule has 0 saturated carbocycles. The van der Waals surface area contributed by atoms with E-state index in [1.165, 1.54) is 6.07 Å². The van der Waals surface area contributed by atoms with E-state index in [0.717, 1.165) is 24.4 Å². The Kier molecular flexibility index (Phi) is 3.46. The zero-order valence-corrected chi connectivity index (χ0v) is 11.0. The standard InChI is InChI=1S/C11H10F3N3O2S/c1-7-15-6-10(16-7)20(18,19)17-9-4-2-3-8(5-9)11(12,13)14/h2-6,17H,1H3,(H,15,16). The number of H-pyrrole nitrogens is 1. The highest BCUT2D eigenvalue weighted by Gasteiger charge is 2.30. The average molecular weight is 305 g/mol. The van der Waals surface area contributed by atoms with Gasteiger partial charge in [0.2, 0.25) is 0 Å². The number of aromatic nitrogens is 2. The van der Waals surface area contributed by atoms with E-state index >= 15 is 0 Å². The van der Waals surface area contributed by atoms with Crippen molar-refractivity contribution in [3.8, 4) is 0 Å². The Balaban J connectivity index is 2.31. The minimum absolute atomic E-state index is 0.174. The SMILES string of the molecule is Cc1ncc(S(=O)(=O)Nc2cccc(C(F)(F)F)c2)[nH]1. The largest absolute Gasteiger partial charge is 0.416 e. The molecule has 0 aliphatic heterocycles. The molecule has 0 unspecified atom stereocenters. The number of nitrogens with one attached hydrogen (secondary N) is 2. The molecule has 0 amide bonds. The second kappa shape index (κ2) is 4.82. The Morgan fingerprint density at radius 1 is 1.30 bits per heavy atom. The van der Waals surface area contributed by atoms with Gasteiger partial charge >= 0.3 is 6.18 Å². The lowest BCUT2D eigenvalue weighted by molar-refractivity contribution is -0.137. The molecule has 20 heavy (non-hydrogen) atoms. The van der Waals surface area contributed by atoms with Gasteiger partial charge in [0, 0.05) is 5.69 Å². The second-order valence-corrected chi connectivity index (χ2v) is 5.67. The fourth-order valence-corrected chi connectivity index (χ4v) is 2.52. The molecule has 9 heteroatoms. The van der Waals surface area contributed by atoms with Crippen LogP contribution in [-0.2, 0) is 16.2 Å². The molecule has 0 radical (unpaired) electrons. The quantitative estimate of drug-likeness (QED) is 0.915. The van der Waals surface area contributed by atoms with E-state index in [1.807, 2.05) is 0 Å². The van der Waals surface area contributed by atoms with Crippen molar-refractivity contribution < 1.29 is 21.6 Å². The van der Waals surface area contributed by atoms with E-state index in [4.69, 9.17) is 0 Å². The van der Waals surface area contributed by atoms with E-state index in [9.17, 15) is 21.6 Å². The minimum Gasteiger partial charge on any atom is -0.332 e. The summed E-state index contributed by atoms with van der Waals surface area (Å²) in [5, 5.41) is -0.215. The number of aromatic amines is 1. The summed E-state index contributed by atoms with van der Waals surface area (Å²) in [6, 6.07) is 3.94. The number of alkyl halides is 3. The maximum atomic E-state index is 12.5. The molecule has 1 heterocycles. The molecule has 108 valence electrons. The lowest BCUT2D eigenvalue weighted by Gasteiger charge is -2.10. The second-order valence-electron chi connectivity index (χ2n) is 4.02. The first-order chi connectivity index (χ1) is 9.18. The molecule has 0 bridgehead atoms. The molecule has 0 fully saturated rings. The van der Waals surface area contributed by atoms with Gasteiger partial charge < -0.3 is 4.98 Å². The van der Waals surface area contributed by atoms with Gasteiger partial charge in [-0.05, 0) is 25.1 Å². The van der Waals surface area contributed by atoms with Crippen LogP contribution in [0.1, 0.15) is 11.4 Å². The van der Waals surface area contributed by atoms with Crippen molar-refractivity contribution in [2.75, 3.05) is 4.72 Å². The maximum absolute atomic E-state index is 12.5. The van der Waals surface area contributed by atoms with Crippen LogP contribution in [0.5, 0.6) is 0 Å². The van der Waals surface area contributed by atoms with Gasteiger partial charge in [-0.15, -0.1) is 0 Å². The Bertz CT molecular complexity index is 723. The van der Waals surface area contributed by atoms with Gasteiger partial charge in [-0.3, -0.25) is 4.72 Å². The molecule has 2 aromatic rings. The predicted molar refractivity (Wildman–Crippen MR) is 65.6 cm³/mol. The first kappa shape index (κ1) is 14.4. The fraction of sp³-hybridized carbons (Fsp3) is 0.182. The average Bonchev–Trinajstić information content (AvgIpc) is 2.75. The Morgan fingerprint density at radius 3 is 2.55 bits per heavy atom. The van der Waals surface area contributed by atoms with Crippen molar-refractivity contribution in [3.63, 3.8) is 0 Å². The summed E-state index contributed by atoms with van der Waals surface area (Å²) in [7, 11) is -3.99. The zero-order valence-electron chi connectivity index (χ0n) is 10.2. The third-order valence-electron chi connectivity index (χ3n) is 2.41. The van der Waals surface area contributed by atoms with Crippen LogP contribution in [0, 0.1) is 6.92 Å². The lowest BCUT2D eigenvalue weighted by atomic mass is 10.2. The number of hydrogen-bond acceptors (Lipinski definition) is 3. The molecule has 0 aliphatic rings. The minimum atomic E-state index is -4.54. The van der Waals surface area contributed by atoms with E-state index < -0.39 is 21.8 Å². The number of imidazole rings is 1. The van der Waals surface area contributed by atoms with Crippen LogP contribution in [0.15, 0.2) is 35.5 Å². The Hall–Kier alpha value is -2.03. The number of aryl methyl sites for hydroxylation is 1. The molecule has 0 saturated heterocycles. The van der Waals surface area contributed by atoms with Crippen LogP contribution < -0.4 is 4.72 Å². The topological polar surface area (TPSA) is 74.8 Å². The molecule has 2 rings (SSSR count). The molecule has 0 aliphatic carbocycles. The van der Waals surface area contributed by atoms with Crippen LogP contribution in [-0.4, -0.2) is 18.4 Å². The van der Waals surface area contributed by atoms with Gasteiger partial charge in [0.1, 0.15) is 5.82 Å². The summed E-state index contributed by atoms with van der Waals surface area (Å²) in [5.74, 6) is 0.384. The van der Waals surface area contributed by atoms with Gasteiger partial charge in [0.15, 0.2) is 5.03 Å². The number of rotatable bonds is 3. The molecular formula is C11H10F3N3O2S. The zero-order chi connectivity index (χ0) is 15.0. The fourth-order valence-electron chi connectivity index (χ4n) is 1.50. The number of halogens is 3. The Morgan fingerprint density at radius 2 is 2.00 bits per heavy atom. The van der Waals surface area contributed by atoms with Crippen LogP contribution in [0.25, 0.3) is 0 Å². The van der Waals surface area contributed by atoms with Gasteiger partial charge in [0.25, 0.3) is 10.0 Å². The third kappa shape index (κ3) is 3.10. The summed E-state index contributed by atoms with van der Waals surface area (Å²) in [6.07, 6.45) is -3.45. The normalized spacial score (nSPS) is 12.4. The van der Waals surface area contributed by atoms with Crippen LogP contribution in [0.2, 0.25) is 0 Å². The highest BCUT2D eigenvalue weighted by atomic mass is 32.2. The number of benzene rings is 1. The molecule has 1 aromatic carbocycles. The van der Waals surface area contributed by atoms with Crippen molar-refractivity contribution in [3.05, 3.63) is 41.9 Å². The molecule has 2 N–H and O–H groups in total. The van der Waals surface area contributed by atoms with Crippen LogP contribution in [0.4, 0.5) is 18.9 Å². The van der Waals surface area contributed by atoms with Crippen molar-refractivity contribution in [2.45, 2.75) is 18.1 Å². The van der Waals surface area contributed by atoms with Crippen LogP contribution in [0.3, 0.4) is 0 Å². The predicted octanol–water partition coefficient (Wildman–Crippen LogP) is 2.54. The maximum Gasteiger partial charge on any atom is 0.416 e. The smallest absolute Gasteiger partial charge is 0.332 e. The Labute approximate surface area is 112 Å². The van der Waals surface area contributed by atoms with Crippen molar-refractivity contribution in [1.29, 1.82) is 0 Å². The van der Waals surface area contributed by atoms with Gasteiger partial charge in [-0.2, -0.15) is 21.6 Å². The summed E-state index contributed by atoms with van der Waals surface area (Å²) in [4.78, 5) is 6.22. The van der Waals surface area contributed by atoms with Crippen LogP contribution >= 0.6 is 0 Å². The van der Waals surface area contributed by atoms with Gasteiger partial charge in [-0.1, -0.05) is 6.07 Å². The van der Waals surface area contributed by atoms with Crippen molar-refractivity contribution in [1.82, 2.24) is 9.97 Å². The number of anilines is 1. The lowest BCUT2D eigenvalue weighted by Crippen LogP contribution is -2.14. The summed E-state index contributed by atoms with van der Waals surface area (Å²) in [6.45, 7) is 1.56. The van der Waals surface area contributed by atoms with Gasteiger partial charge in [0.05, 0.1) is 11.8 Å². The van der Waals surface area contributed by atoms with E-state index in [2.05, 4.69) is 14.7 Å². The number of hydrogen-bond donors (Lipinski definition) is 2. The summed E-state index contributed by atoms with van der Waals surface area (Å²) < 4.78 is 63.5. The molecular weight excluding hydrogens is 295 g/mol. The molecule has 5 nitrogen and oxygen atoms in total. The highest BCUT2D eigenvalue weighted by molar-refractivity contribution is 7.92. The van der Waals surface area contributed by atoms with E-state index in [1.54, 1.807) is 6.92 Å². The third-order valence-corrected chi connectivity index (χ3v) is 3.70. The molecule has 0 spiro atoms. The highest BCUT2D eigenvalue weighted by Crippen LogP contribution is 2.31. The molecule has 1 aromatic heterocycles. The van der Waals surface area contributed by atoms with Crippen molar-refractivity contribution >= 4 is 15.7 Å². The summed E-state index contributed by atoms with van der Waals surface area (Å²) >= 11 is 0. The number of nitrogens with zero attached hydrogens (tertiary/aromatic N) is 1.